The van der Waals surface area contributed by atoms with Crippen molar-refractivity contribution in [2.75, 3.05) is 33.5 Å². The number of hydrogen-bond donors (Lipinski definition) is 2. The van der Waals surface area contributed by atoms with Crippen molar-refractivity contribution in [1.29, 1.82) is 0 Å². The Bertz CT molecular complexity index is 1830. The topological polar surface area (TPSA) is 148 Å². The van der Waals surface area contributed by atoms with E-state index >= 15 is 4.39 Å². The molecular formula is C33H41F5N6O7. The van der Waals surface area contributed by atoms with E-state index in [1.54, 1.807) is 14.1 Å². The van der Waals surface area contributed by atoms with Crippen molar-refractivity contribution >= 4 is 34.6 Å². The van der Waals surface area contributed by atoms with Crippen molar-refractivity contribution in [3.63, 3.8) is 0 Å². The Morgan fingerprint density at radius 3 is 2.35 bits per heavy atom. The van der Waals surface area contributed by atoms with Gasteiger partial charge in [-0.15, -0.1) is 0 Å². The fourth-order valence-electron chi connectivity index (χ4n) is 4.62. The monoisotopic (exact) mass is 728 g/mol. The number of allylic oxidation sites excluding steroid dienone is 1. The second-order valence-electron chi connectivity index (χ2n) is 12.9. The average molecular weight is 729 g/mol. The molecule has 2 heterocycles. The fourth-order valence-corrected chi connectivity index (χ4v) is 4.62. The number of nitrogens with zero attached hydrogens (tertiary/aromatic N) is 5. The largest absolute Gasteiger partial charge is 0.443 e. The van der Waals surface area contributed by atoms with E-state index in [2.05, 4.69) is 10.3 Å². The summed E-state index contributed by atoms with van der Waals surface area (Å²) in [7, 11) is 6.12. The van der Waals surface area contributed by atoms with E-state index in [0.29, 0.717) is 10.6 Å². The molecule has 2 atom stereocenters. The van der Waals surface area contributed by atoms with Gasteiger partial charge in [0.15, 0.2) is 5.82 Å². The molecule has 3 rings (SSSR count). The number of pyridine rings is 1. The quantitative estimate of drug-likeness (QED) is 0.149. The Morgan fingerprint density at radius 2 is 1.76 bits per heavy atom. The number of aromatic nitrogens is 3. The third-order valence-corrected chi connectivity index (χ3v) is 7.14. The summed E-state index contributed by atoms with van der Waals surface area (Å²) in [6.45, 7) is 3.94. The SMILES string of the molecule is CN(C)C(=O)/C=C/CC[C@H](OC(O)N(C)C)C(=O)Nc1cccn(Cc2nc3c(CCC(F)(F)F)c(F)cc(F)c3n2C(=O)OC(C)(C)C)c1=O. The van der Waals surface area contributed by atoms with Gasteiger partial charge in [-0.25, -0.2) is 23.1 Å². The number of amides is 2. The van der Waals surface area contributed by atoms with E-state index in [4.69, 9.17) is 9.47 Å². The molecule has 0 aliphatic rings. The molecule has 0 spiro atoms. The Kier molecular flexibility index (Phi) is 13.2. The summed E-state index contributed by atoms with van der Waals surface area (Å²) in [5.74, 6) is -4.10. The maximum atomic E-state index is 15.3. The van der Waals surface area contributed by atoms with E-state index in [1.165, 1.54) is 75.1 Å². The van der Waals surface area contributed by atoms with Crippen molar-refractivity contribution in [2.45, 2.75) is 77.3 Å². The molecule has 0 bridgehead atoms. The molecule has 0 aliphatic heterocycles. The summed E-state index contributed by atoms with van der Waals surface area (Å²) < 4.78 is 81.9. The fraction of sp³-hybridized carbons (Fsp3) is 0.485. The lowest BCUT2D eigenvalue weighted by molar-refractivity contribution is -0.204. The number of imidazole rings is 1. The number of fused-ring (bicyclic) bond motifs is 1. The van der Waals surface area contributed by atoms with Gasteiger partial charge >= 0.3 is 12.3 Å². The Balaban J connectivity index is 2.03. The summed E-state index contributed by atoms with van der Waals surface area (Å²) >= 11 is 0. The Labute approximate surface area is 290 Å². The van der Waals surface area contributed by atoms with Crippen LogP contribution in [0.4, 0.5) is 32.4 Å². The van der Waals surface area contributed by atoms with Crippen LogP contribution in [0.5, 0.6) is 0 Å². The molecule has 3 aromatic rings. The number of hydrogen-bond acceptors (Lipinski definition) is 9. The van der Waals surface area contributed by atoms with Crippen LogP contribution < -0.4 is 10.9 Å². The third kappa shape index (κ3) is 11.2. The standard InChI is InChI=1S/C33H41F5N6O7/c1-32(2,3)51-31(49)44-24(40-26-19(14-15-33(36,37)38)20(34)17-21(35)27(26)44)18-43-16-10-11-22(29(43)47)39-28(46)23(50-30(48)42(6)7)12-8-9-13-25(45)41(4)5/h9-11,13,16-17,23,30,48H,8,12,14-15,18H2,1-7H3,(H,39,46)/b13-9+/t23-,30?/m0/s1. The summed E-state index contributed by atoms with van der Waals surface area (Å²) in [6.07, 6.45) is -6.81. The number of benzene rings is 1. The lowest BCUT2D eigenvalue weighted by Gasteiger charge is -2.24. The van der Waals surface area contributed by atoms with Crippen LogP contribution in [0.3, 0.4) is 0 Å². The highest BCUT2D eigenvalue weighted by atomic mass is 19.4. The number of carbonyl (C=O) groups excluding carboxylic acids is 3. The van der Waals surface area contributed by atoms with E-state index in [9.17, 15) is 41.8 Å². The van der Waals surface area contributed by atoms with Gasteiger partial charge in [-0.05, 0) is 72.3 Å². The van der Waals surface area contributed by atoms with Crippen LogP contribution in [0, 0.1) is 11.6 Å². The van der Waals surface area contributed by atoms with Gasteiger partial charge in [0.05, 0.1) is 12.1 Å². The van der Waals surface area contributed by atoms with Crippen molar-refractivity contribution in [3.8, 4) is 0 Å². The number of anilines is 1. The number of aryl methyl sites for hydroxylation is 1. The zero-order valence-corrected chi connectivity index (χ0v) is 29.2. The van der Waals surface area contributed by atoms with Gasteiger partial charge in [-0.2, -0.15) is 13.2 Å². The van der Waals surface area contributed by atoms with Gasteiger partial charge in [-0.1, -0.05) is 6.08 Å². The molecule has 1 aromatic carbocycles. The Morgan fingerprint density at radius 1 is 1.10 bits per heavy atom. The molecule has 0 radical (unpaired) electrons. The molecule has 0 aliphatic carbocycles. The number of aliphatic hydroxyl groups is 1. The molecule has 1 unspecified atom stereocenters. The number of rotatable bonds is 13. The van der Waals surface area contributed by atoms with Gasteiger partial charge in [-0.3, -0.25) is 19.3 Å². The van der Waals surface area contributed by atoms with Crippen LogP contribution in [-0.4, -0.2) is 99.4 Å². The average Bonchev–Trinajstić information content (AvgIpc) is 3.38. The first-order chi connectivity index (χ1) is 23.6. The molecule has 0 saturated heterocycles. The first kappa shape index (κ1) is 40.7. The van der Waals surface area contributed by atoms with E-state index in [0.717, 1.165) is 4.57 Å². The predicted octanol–water partition coefficient (Wildman–Crippen LogP) is 4.39. The first-order valence-corrected chi connectivity index (χ1v) is 15.7. The number of likely N-dealkylation sites (N-methyl/N-ethyl adjacent to an activating group) is 1. The van der Waals surface area contributed by atoms with E-state index < -0.39 is 89.5 Å². The molecule has 2 aromatic heterocycles. The molecule has 51 heavy (non-hydrogen) atoms. The van der Waals surface area contributed by atoms with E-state index in [-0.39, 0.29) is 30.3 Å². The number of nitrogens with one attached hydrogen (secondary N) is 1. The van der Waals surface area contributed by atoms with Crippen molar-refractivity contribution < 1.29 is 50.9 Å². The van der Waals surface area contributed by atoms with Crippen molar-refractivity contribution in [1.82, 2.24) is 23.9 Å². The molecule has 2 N–H and O–H groups in total. The van der Waals surface area contributed by atoms with Crippen LogP contribution in [0.1, 0.15) is 51.4 Å². The highest BCUT2D eigenvalue weighted by Gasteiger charge is 2.32. The summed E-state index contributed by atoms with van der Waals surface area (Å²) in [6, 6.07) is 2.96. The molecule has 280 valence electrons. The van der Waals surface area contributed by atoms with Crippen molar-refractivity contribution in [2.24, 2.45) is 0 Å². The number of aliphatic hydroxyl groups excluding tert-OH is 1. The first-order valence-electron chi connectivity index (χ1n) is 15.7. The number of halogens is 5. The third-order valence-electron chi connectivity index (χ3n) is 7.14. The zero-order valence-electron chi connectivity index (χ0n) is 29.2. The zero-order chi connectivity index (χ0) is 38.4. The normalized spacial score (nSPS) is 13.5. The summed E-state index contributed by atoms with van der Waals surface area (Å²) in [5, 5.41) is 12.7. The van der Waals surface area contributed by atoms with Crippen LogP contribution in [0.15, 0.2) is 41.3 Å². The lowest BCUT2D eigenvalue weighted by Crippen LogP contribution is -2.40. The second-order valence-corrected chi connectivity index (χ2v) is 12.9. The van der Waals surface area contributed by atoms with Gasteiger partial charge in [0.25, 0.3) is 11.5 Å². The maximum absolute atomic E-state index is 15.3. The molecule has 0 saturated carbocycles. The van der Waals surface area contributed by atoms with E-state index in [1.807, 2.05) is 0 Å². The molecule has 13 nitrogen and oxygen atoms in total. The predicted molar refractivity (Wildman–Crippen MR) is 176 cm³/mol. The number of ether oxygens (including phenoxy) is 2. The number of alkyl halides is 3. The minimum atomic E-state index is -4.68. The number of carbonyl (C=O) groups is 3. The van der Waals surface area contributed by atoms with Crippen LogP contribution >= 0.6 is 0 Å². The molecule has 0 fully saturated rings. The smallest absolute Gasteiger partial charge is 0.420 e. The van der Waals surface area contributed by atoms with Crippen LogP contribution in [-0.2, 0) is 32.0 Å². The highest BCUT2D eigenvalue weighted by molar-refractivity contribution is 5.94. The van der Waals surface area contributed by atoms with Crippen molar-refractivity contribution in [3.05, 3.63) is 69.9 Å². The second kappa shape index (κ2) is 16.6. The molecule has 18 heteroatoms. The minimum absolute atomic E-state index is 0.00628. The van der Waals surface area contributed by atoms with Gasteiger partial charge in [0.1, 0.15) is 34.6 Å². The molecular weight excluding hydrogens is 687 g/mol. The van der Waals surface area contributed by atoms with Gasteiger partial charge < -0.3 is 29.4 Å². The highest BCUT2D eigenvalue weighted by Crippen LogP contribution is 2.31. The summed E-state index contributed by atoms with van der Waals surface area (Å²) in [5.41, 5.74) is -4.05. The maximum Gasteiger partial charge on any atom is 0.420 e. The van der Waals surface area contributed by atoms with Crippen LogP contribution in [0.2, 0.25) is 0 Å². The summed E-state index contributed by atoms with van der Waals surface area (Å²) in [4.78, 5) is 58.8. The van der Waals surface area contributed by atoms with Gasteiger partial charge in [0.2, 0.25) is 12.3 Å². The Hall–Kier alpha value is -4.68. The minimum Gasteiger partial charge on any atom is -0.443 e. The van der Waals surface area contributed by atoms with Gasteiger partial charge in [0, 0.05) is 38.3 Å². The lowest BCUT2D eigenvalue weighted by atomic mass is 10.1. The van der Waals surface area contributed by atoms with Crippen LogP contribution in [0.25, 0.3) is 11.0 Å². The molecule has 2 amide bonds.